The van der Waals surface area contributed by atoms with Crippen molar-refractivity contribution in [1.82, 2.24) is 29.5 Å². The van der Waals surface area contributed by atoms with E-state index in [2.05, 4.69) is 39.3 Å². The van der Waals surface area contributed by atoms with E-state index in [1.54, 1.807) is 42.5 Å². The molecule has 2 aliphatic rings. The quantitative estimate of drug-likeness (QED) is 0.126. The zero-order valence-electron chi connectivity index (χ0n) is 34.4. The van der Waals surface area contributed by atoms with Crippen molar-refractivity contribution in [3.63, 3.8) is 0 Å². The Morgan fingerprint density at radius 2 is 1.48 bits per heavy atom. The Labute approximate surface area is 376 Å². The molecular weight excluding hydrogens is 979 g/mol. The number of pyridine rings is 1. The Kier molecular flexibility index (Phi) is 12.2. The molecule has 4 aromatic carbocycles. The molecule has 0 saturated carbocycles. The topological polar surface area (TPSA) is 110 Å². The molecule has 16 heteroatoms. The molecule has 9 rings (SSSR count). The first-order valence-electron chi connectivity index (χ1n) is 19.2. The number of halogens is 3. The van der Waals surface area contributed by atoms with E-state index in [1.165, 1.54) is 0 Å². The minimum Gasteiger partial charge on any atom is -0.585 e. The van der Waals surface area contributed by atoms with Gasteiger partial charge in [0, 0.05) is 37.3 Å². The maximum absolute atomic E-state index is 13.6. The van der Waals surface area contributed by atoms with Gasteiger partial charge in [0.2, 0.25) is 6.71 Å². The van der Waals surface area contributed by atoms with Crippen LogP contribution >= 0.6 is 0 Å². The number of hydrogen-bond donors (Lipinski definition) is 0. The van der Waals surface area contributed by atoms with Gasteiger partial charge >= 0.3 is 6.18 Å². The number of hydrogen-bond acceptors (Lipinski definition) is 8. The molecule has 2 aliphatic heterocycles. The molecule has 0 bridgehead atoms. The number of nitriles is 2. The Hall–Kier alpha value is -7.31. The van der Waals surface area contributed by atoms with Gasteiger partial charge in [-0.3, -0.25) is 0 Å². The molecule has 5 heterocycles. The van der Waals surface area contributed by atoms with Gasteiger partial charge in [0.1, 0.15) is 11.5 Å². The average Bonchev–Trinajstić information content (AvgIpc) is 4.08. The maximum Gasteiger partial charge on any atom is 0.431 e. The van der Waals surface area contributed by atoms with Crippen LogP contribution in [-0.4, -0.2) is 45.3 Å². The first kappa shape index (κ1) is 43.8. The largest absolute Gasteiger partial charge is 0.585 e. The molecular formula is C47H34BF3IrN11-5. The molecule has 63 heavy (non-hydrogen) atoms. The molecule has 0 saturated heterocycles. The van der Waals surface area contributed by atoms with Crippen molar-refractivity contribution in [2.45, 2.75) is 26.9 Å². The molecule has 0 unspecified atom stereocenters. The average molecular weight is 1010 g/mol. The summed E-state index contributed by atoms with van der Waals surface area (Å²) >= 11 is 0. The second kappa shape index (κ2) is 17.6. The van der Waals surface area contributed by atoms with E-state index in [1.807, 2.05) is 128 Å². The number of rotatable bonds is 6. The predicted octanol–water partition coefficient (Wildman–Crippen LogP) is 7.25. The van der Waals surface area contributed by atoms with Crippen molar-refractivity contribution in [1.29, 1.82) is 10.5 Å². The molecule has 1 radical (unpaired) electrons. The fourth-order valence-corrected chi connectivity index (χ4v) is 7.78. The van der Waals surface area contributed by atoms with E-state index in [0.717, 1.165) is 55.9 Å². The van der Waals surface area contributed by atoms with Gasteiger partial charge in [0.05, 0.1) is 12.6 Å². The summed E-state index contributed by atoms with van der Waals surface area (Å²) in [6.07, 6.45) is 3.14. The third-order valence-corrected chi connectivity index (χ3v) is 10.4. The second-order valence-corrected chi connectivity index (χ2v) is 15.0. The van der Waals surface area contributed by atoms with E-state index >= 15 is 0 Å². The van der Waals surface area contributed by atoms with E-state index in [9.17, 15) is 23.7 Å². The van der Waals surface area contributed by atoms with Crippen LogP contribution < -0.4 is 31.5 Å². The van der Waals surface area contributed by atoms with Crippen molar-refractivity contribution in [2.24, 2.45) is 0 Å². The van der Waals surface area contributed by atoms with E-state index < -0.39 is 18.6 Å². The Bertz CT molecular complexity index is 2940. The normalized spacial score (nSPS) is 13.2. The predicted molar refractivity (Wildman–Crippen MR) is 234 cm³/mol. The molecule has 0 fully saturated rings. The van der Waals surface area contributed by atoms with Gasteiger partial charge in [-0.25, -0.2) is 15.1 Å². The molecule has 0 spiro atoms. The fraction of sp³-hybridized carbons (Fsp3) is 0.128. The van der Waals surface area contributed by atoms with Crippen LogP contribution in [0.2, 0.25) is 0 Å². The Balaban J connectivity index is 0.000000237. The first-order valence-corrected chi connectivity index (χ1v) is 19.2. The SMILES string of the molecule is CN1C=CN(c2[c-]c(N3C=CN(C)[CH-]3)cc(C#N)c2)[CH-]1.[C-]#[N+]c1ccc2c(c1)c1cc(C#N)c[c-]c1n2-c1cccc(B(c2cc(C(F)(F)F)n[n-]2)c2c(C)cc(C)cc2C)n1.[Ir]. The van der Waals surface area contributed by atoms with Crippen LogP contribution in [0.4, 0.5) is 30.2 Å². The summed E-state index contributed by atoms with van der Waals surface area (Å²) in [4.78, 5) is 16.3. The van der Waals surface area contributed by atoms with Crippen LogP contribution in [0.3, 0.4) is 0 Å². The number of aryl methyl sites for hydroxylation is 3. The van der Waals surface area contributed by atoms with Crippen LogP contribution in [-0.2, 0) is 26.3 Å². The molecule has 7 aromatic rings. The monoisotopic (exact) mass is 1010 g/mol. The third kappa shape index (κ3) is 8.76. The summed E-state index contributed by atoms with van der Waals surface area (Å²) in [5.41, 5.74) is 7.84. The fourth-order valence-electron chi connectivity index (χ4n) is 7.78. The molecule has 0 amide bonds. The molecule has 315 valence electrons. The van der Waals surface area contributed by atoms with Gasteiger partial charge < -0.3 is 34.4 Å². The van der Waals surface area contributed by atoms with Gasteiger partial charge in [-0.15, -0.1) is 41.0 Å². The van der Waals surface area contributed by atoms with Crippen LogP contribution in [0, 0.1) is 75.5 Å². The summed E-state index contributed by atoms with van der Waals surface area (Å²) in [5.74, 6) is 0.506. The number of aromatic nitrogens is 4. The molecule has 0 N–H and O–H groups in total. The molecule has 0 atom stereocenters. The van der Waals surface area contributed by atoms with Crippen molar-refractivity contribution in [2.75, 3.05) is 23.9 Å². The van der Waals surface area contributed by atoms with Gasteiger partial charge in [-0.1, -0.05) is 80.6 Å². The zero-order chi connectivity index (χ0) is 43.9. The van der Waals surface area contributed by atoms with Crippen molar-refractivity contribution < 1.29 is 33.3 Å². The third-order valence-electron chi connectivity index (χ3n) is 10.4. The summed E-state index contributed by atoms with van der Waals surface area (Å²) < 4.78 is 42.6. The number of nitrogens with zero attached hydrogens (tertiary/aromatic N) is 11. The summed E-state index contributed by atoms with van der Waals surface area (Å²) in [6.45, 7) is 16.4. The summed E-state index contributed by atoms with van der Waals surface area (Å²) in [6, 6.07) is 33.5. The van der Waals surface area contributed by atoms with Crippen molar-refractivity contribution in [3.05, 3.63) is 174 Å². The van der Waals surface area contributed by atoms with Crippen LogP contribution in [0.25, 0.3) is 32.5 Å². The molecule has 0 aliphatic carbocycles. The van der Waals surface area contributed by atoms with Crippen molar-refractivity contribution in [3.8, 4) is 18.0 Å². The second-order valence-electron chi connectivity index (χ2n) is 15.0. The Morgan fingerprint density at radius 3 is 2.03 bits per heavy atom. The van der Waals surface area contributed by atoms with Gasteiger partial charge in [0.25, 0.3) is 0 Å². The van der Waals surface area contributed by atoms with E-state index in [0.29, 0.717) is 33.7 Å². The van der Waals surface area contributed by atoms with Crippen molar-refractivity contribution >= 4 is 62.2 Å². The smallest absolute Gasteiger partial charge is 0.431 e. The van der Waals surface area contributed by atoms with E-state index in [-0.39, 0.29) is 25.7 Å². The first-order chi connectivity index (χ1) is 29.7. The van der Waals surface area contributed by atoms with Crippen LogP contribution in [0.15, 0.2) is 104 Å². The standard InChI is InChI=1S/C32H20BF3N6.C15H14N5.Ir/c1-18-12-19(2)31(20(3)13-18)33(29-16-27(40-41-29)32(34,35)36)28-6-5-7-30(39-28)42-25-10-8-21(17-37)14-23(25)24-15-22(38-4)9-11-26(24)42;1-17-3-5-19(11-17)14-7-13(10-16)8-15(9-14)20-6-4-18(2)12-20;/h5-9,11-16H,1-3H3;3-8,11-12H,1-2H3;/q-2;-3;. The summed E-state index contributed by atoms with van der Waals surface area (Å²) in [7, 11) is 3.91. The Morgan fingerprint density at radius 1 is 0.825 bits per heavy atom. The number of alkyl halides is 3. The van der Waals surface area contributed by atoms with E-state index in [4.69, 9.17) is 11.6 Å². The van der Waals surface area contributed by atoms with Gasteiger partial charge in [-0.2, -0.15) is 49.5 Å². The minimum absolute atomic E-state index is 0. The number of fused-ring (bicyclic) bond motifs is 3. The van der Waals surface area contributed by atoms with Gasteiger partial charge in [-0.05, 0) is 77.9 Å². The van der Waals surface area contributed by atoms with Crippen LogP contribution in [0.1, 0.15) is 33.5 Å². The zero-order valence-corrected chi connectivity index (χ0v) is 36.8. The summed E-state index contributed by atoms with van der Waals surface area (Å²) in [5, 5.41) is 27.6. The maximum atomic E-state index is 13.6. The van der Waals surface area contributed by atoms with Gasteiger partial charge in [0.15, 0.2) is 5.69 Å². The molecule has 3 aromatic heterocycles. The van der Waals surface area contributed by atoms with Crippen LogP contribution in [0.5, 0.6) is 0 Å². The minimum atomic E-state index is -4.63. The number of anilines is 2. The molecule has 11 nitrogen and oxygen atoms in total. The number of benzene rings is 4.